The smallest absolute Gasteiger partial charge is 0.397 e. The zero-order valence-corrected chi connectivity index (χ0v) is 10.3. The van der Waals surface area contributed by atoms with E-state index in [1.54, 1.807) is 0 Å². The monoisotopic (exact) mass is 255 g/mol. The summed E-state index contributed by atoms with van der Waals surface area (Å²) in [5.74, 6) is -0.901. The van der Waals surface area contributed by atoms with Gasteiger partial charge in [-0.3, -0.25) is 8.74 Å². The van der Waals surface area contributed by atoms with E-state index >= 15 is 0 Å². The first-order chi connectivity index (χ1) is 7.10. The molecular weight excluding hydrogens is 238 g/mol. The fraction of sp³-hybridized carbons (Fsp3) is 0.625. The molecule has 0 heterocycles. The number of hydrogen-bond acceptors (Lipinski definition) is 5. The SMILES string of the molecule is C=C(CCN(C)C)C(=O)O.COS(=O)(=O)O. The predicted molar refractivity (Wildman–Crippen MR) is 58.5 cm³/mol. The second-order valence-corrected chi connectivity index (χ2v) is 4.25. The summed E-state index contributed by atoms with van der Waals surface area (Å²) in [6.07, 6.45) is 0.530. The summed E-state index contributed by atoms with van der Waals surface area (Å²) in [5.41, 5.74) is 0.272. The Balaban J connectivity index is 0. The van der Waals surface area contributed by atoms with Gasteiger partial charge >= 0.3 is 16.4 Å². The molecule has 0 aliphatic carbocycles. The molecule has 0 amide bonds. The van der Waals surface area contributed by atoms with Gasteiger partial charge in [0.2, 0.25) is 0 Å². The first-order valence-electron chi connectivity index (χ1n) is 4.19. The van der Waals surface area contributed by atoms with Crippen molar-refractivity contribution in [3.05, 3.63) is 12.2 Å². The van der Waals surface area contributed by atoms with E-state index < -0.39 is 16.4 Å². The molecule has 8 heteroatoms. The molecule has 96 valence electrons. The van der Waals surface area contributed by atoms with Crippen molar-refractivity contribution in [2.75, 3.05) is 27.7 Å². The lowest BCUT2D eigenvalue weighted by Crippen LogP contribution is -2.15. The van der Waals surface area contributed by atoms with Gasteiger partial charge in [0, 0.05) is 12.1 Å². The molecule has 0 rings (SSSR count). The summed E-state index contributed by atoms with van der Waals surface area (Å²) < 4.78 is 29.7. The molecule has 0 aromatic carbocycles. The van der Waals surface area contributed by atoms with E-state index in [-0.39, 0.29) is 5.57 Å². The van der Waals surface area contributed by atoms with E-state index in [9.17, 15) is 13.2 Å². The van der Waals surface area contributed by atoms with Crippen LogP contribution in [0.3, 0.4) is 0 Å². The molecule has 0 aliphatic rings. The zero-order chi connectivity index (χ0) is 13.4. The third-order valence-electron chi connectivity index (χ3n) is 1.37. The van der Waals surface area contributed by atoms with Crippen molar-refractivity contribution in [2.45, 2.75) is 6.42 Å². The van der Waals surface area contributed by atoms with Crippen LogP contribution in [-0.2, 0) is 19.4 Å². The van der Waals surface area contributed by atoms with Crippen LogP contribution in [0.15, 0.2) is 12.2 Å². The Morgan fingerprint density at radius 1 is 1.44 bits per heavy atom. The number of carboxylic acids is 1. The molecule has 0 radical (unpaired) electrons. The van der Waals surface area contributed by atoms with E-state index in [0.717, 1.165) is 13.7 Å². The lowest BCUT2D eigenvalue weighted by Gasteiger charge is -2.07. The number of rotatable bonds is 5. The summed E-state index contributed by atoms with van der Waals surface area (Å²) in [7, 11) is 0.504. The van der Waals surface area contributed by atoms with Gasteiger partial charge in [0.05, 0.1) is 7.11 Å². The summed E-state index contributed by atoms with van der Waals surface area (Å²) in [6.45, 7) is 4.14. The molecule has 0 spiro atoms. The lowest BCUT2D eigenvalue weighted by molar-refractivity contribution is -0.132. The molecule has 0 unspecified atom stereocenters. The highest BCUT2D eigenvalue weighted by Gasteiger charge is 2.02. The summed E-state index contributed by atoms with van der Waals surface area (Å²) >= 11 is 0. The van der Waals surface area contributed by atoms with E-state index in [0.29, 0.717) is 6.42 Å². The second-order valence-electron chi connectivity index (χ2n) is 3.06. The standard InChI is InChI=1S/C7H13NO2.CH4O4S/c1-6(7(9)10)4-5-8(2)3;1-5-6(2,3)4/h1,4-5H2,2-3H3,(H,9,10);1H3,(H,2,3,4). The summed E-state index contributed by atoms with van der Waals surface area (Å²) in [6, 6.07) is 0. The normalized spacial score (nSPS) is 10.6. The average Bonchev–Trinajstić information content (AvgIpc) is 2.13. The molecule has 0 aliphatic heterocycles. The molecule has 0 fully saturated rings. The molecule has 0 atom stereocenters. The van der Waals surface area contributed by atoms with Crippen molar-refractivity contribution in [1.82, 2.24) is 4.90 Å². The van der Waals surface area contributed by atoms with Crippen LogP contribution in [0.4, 0.5) is 0 Å². The van der Waals surface area contributed by atoms with E-state index in [4.69, 9.17) is 9.66 Å². The van der Waals surface area contributed by atoms with Gasteiger partial charge in [0.1, 0.15) is 0 Å². The van der Waals surface area contributed by atoms with Gasteiger partial charge < -0.3 is 10.0 Å². The van der Waals surface area contributed by atoms with Crippen LogP contribution >= 0.6 is 0 Å². The molecule has 0 aromatic rings. The van der Waals surface area contributed by atoms with Crippen LogP contribution in [0, 0.1) is 0 Å². The van der Waals surface area contributed by atoms with Gasteiger partial charge in [-0.1, -0.05) is 6.58 Å². The van der Waals surface area contributed by atoms with Crippen LogP contribution in [-0.4, -0.2) is 56.7 Å². The highest BCUT2D eigenvalue weighted by atomic mass is 32.3. The lowest BCUT2D eigenvalue weighted by atomic mass is 10.2. The quantitative estimate of drug-likeness (QED) is 0.527. The third-order valence-corrected chi connectivity index (χ3v) is 1.80. The number of aliphatic carboxylic acids is 1. The van der Waals surface area contributed by atoms with Crippen molar-refractivity contribution in [3.8, 4) is 0 Å². The highest BCUT2D eigenvalue weighted by molar-refractivity contribution is 7.80. The van der Waals surface area contributed by atoms with Crippen LogP contribution < -0.4 is 0 Å². The number of carboxylic acid groups (broad SMARTS) is 1. The van der Waals surface area contributed by atoms with Gasteiger partial charge in [0.25, 0.3) is 0 Å². The molecule has 0 aromatic heterocycles. The van der Waals surface area contributed by atoms with Gasteiger partial charge in [-0.2, -0.15) is 8.42 Å². The summed E-state index contributed by atoms with van der Waals surface area (Å²) in [5, 5.41) is 8.38. The molecule has 0 saturated carbocycles. The van der Waals surface area contributed by atoms with Gasteiger partial charge in [-0.15, -0.1) is 0 Å². The number of hydrogen-bond donors (Lipinski definition) is 2. The fourth-order valence-corrected chi connectivity index (χ4v) is 0.465. The minimum absolute atomic E-state index is 0.272. The van der Waals surface area contributed by atoms with Crippen molar-refractivity contribution >= 4 is 16.4 Å². The predicted octanol–water partition coefficient (Wildman–Crippen LogP) is 0.0145. The fourth-order valence-electron chi connectivity index (χ4n) is 0.465. The maximum atomic E-state index is 10.2. The van der Waals surface area contributed by atoms with Crippen molar-refractivity contribution in [2.24, 2.45) is 0 Å². The van der Waals surface area contributed by atoms with E-state index in [2.05, 4.69) is 10.8 Å². The first-order valence-corrected chi connectivity index (χ1v) is 5.55. The largest absolute Gasteiger partial charge is 0.478 e. The van der Waals surface area contributed by atoms with Crippen LogP contribution in [0.1, 0.15) is 6.42 Å². The highest BCUT2D eigenvalue weighted by Crippen LogP contribution is 1.97. The number of nitrogens with zero attached hydrogens (tertiary/aromatic N) is 1. The molecule has 16 heavy (non-hydrogen) atoms. The summed E-state index contributed by atoms with van der Waals surface area (Å²) in [4.78, 5) is 12.1. The van der Waals surface area contributed by atoms with Crippen molar-refractivity contribution in [3.63, 3.8) is 0 Å². The maximum absolute atomic E-state index is 10.2. The Labute approximate surface area is 95.3 Å². The average molecular weight is 255 g/mol. The number of carbonyl (C=O) groups is 1. The van der Waals surface area contributed by atoms with E-state index in [1.165, 1.54) is 0 Å². The molecule has 7 nitrogen and oxygen atoms in total. The van der Waals surface area contributed by atoms with Crippen molar-refractivity contribution < 1.29 is 27.1 Å². The second kappa shape index (κ2) is 8.22. The first kappa shape index (κ1) is 17.4. The molecule has 0 saturated heterocycles. The Bertz CT molecular complexity index is 321. The van der Waals surface area contributed by atoms with Crippen molar-refractivity contribution in [1.29, 1.82) is 0 Å². The van der Waals surface area contributed by atoms with E-state index in [1.807, 2.05) is 19.0 Å². The Hall–Kier alpha value is -0.960. The third kappa shape index (κ3) is 15.5. The molecular formula is C8H17NO6S. The van der Waals surface area contributed by atoms with Gasteiger partial charge in [-0.25, -0.2) is 4.79 Å². The maximum Gasteiger partial charge on any atom is 0.397 e. The topological polar surface area (TPSA) is 104 Å². The van der Waals surface area contributed by atoms with Gasteiger partial charge in [-0.05, 0) is 20.5 Å². The van der Waals surface area contributed by atoms with Crippen LogP contribution in [0.25, 0.3) is 0 Å². The van der Waals surface area contributed by atoms with Crippen LogP contribution in [0.5, 0.6) is 0 Å². The minimum Gasteiger partial charge on any atom is -0.478 e. The zero-order valence-electron chi connectivity index (χ0n) is 9.50. The Morgan fingerprint density at radius 2 is 1.81 bits per heavy atom. The molecule has 2 N–H and O–H groups in total. The molecule has 0 bridgehead atoms. The minimum atomic E-state index is -4.16. The van der Waals surface area contributed by atoms with Gasteiger partial charge in [0.15, 0.2) is 0 Å². The Morgan fingerprint density at radius 3 is 2.00 bits per heavy atom. The van der Waals surface area contributed by atoms with Crippen LogP contribution in [0.2, 0.25) is 0 Å². The Kier molecular flexibility index (Phi) is 8.96.